The van der Waals surface area contributed by atoms with Crippen molar-refractivity contribution in [2.75, 3.05) is 0 Å². The molecule has 4 atom stereocenters. The van der Waals surface area contributed by atoms with E-state index in [4.69, 9.17) is 13.7 Å². The molecule has 3 rings (SSSR count). The molecule has 0 aromatic rings. The molecule has 2 aliphatic carbocycles. The third-order valence-corrected chi connectivity index (χ3v) is 10.5. The molecule has 1 aliphatic heterocycles. The third kappa shape index (κ3) is 6.19. The maximum Gasteiger partial charge on any atom is 0.487 e. The van der Waals surface area contributed by atoms with Crippen LogP contribution in [0.25, 0.3) is 0 Å². The minimum atomic E-state index is -1.50. The summed E-state index contributed by atoms with van der Waals surface area (Å²) in [6.07, 6.45) is 10.4. The van der Waals surface area contributed by atoms with E-state index >= 15 is 0 Å². The van der Waals surface area contributed by atoms with Crippen molar-refractivity contribution in [1.82, 2.24) is 0 Å². The van der Waals surface area contributed by atoms with E-state index in [1.54, 1.807) is 5.57 Å². The third-order valence-electron chi connectivity index (χ3n) is 9.37. The summed E-state index contributed by atoms with van der Waals surface area (Å²) in [4.78, 5) is 0. The molecule has 33 heavy (non-hydrogen) atoms. The van der Waals surface area contributed by atoms with E-state index < -0.39 is 8.32 Å². The molecular formula is C28H53BO3Si. The normalized spacial score (nSPS) is 34.0. The quantitative estimate of drug-likeness (QED) is 0.331. The van der Waals surface area contributed by atoms with Gasteiger partial charge in [-0.2, -0.15) is 0 Å². The topological polar surface area (TPSA) is 27.7 Å². The number of fused-ring (bicyclic) bond motifs is 1. The summed E-state index contributed by atoms with van der Waals surface area (Å²) in [6, 6.07) is 0. The van der Waals surface area contributed by atoms with Gasteiger partial charge in [-0.05, 0) is 123 Å². The van der Waals surface area contributed by atoms with E-state index in [9.17, 15) is 0 Å². The van der Waals surface area contributed by atoms with Crippen LogP contribution in [-0.2, 0) is 13.7 Å². The van der Waals surface area contributed by atoms with Gasteiger partial charge in [-0.1, -0.05) is 38.2 Å². The Morgan fingerprint density at radius 2 is 1.70 bits per heavy atom. The Morgan fingerprint density at radius 3 is 2.27 bits per heavy atom. The Hall–Kier alpha value is -0.0982. The predicted molar refractivity (Wildman–Crippen MR) is 144 cm³/mol. The first kappa shape index (κ1) is 27.5. The van der Waals surface area contributed by atoms with Crippen molar-refractivity contribution in [2.45, 2.75) is 143 Å². The lowest BCUT2D eigenvalue weighted by molar-refractivity contribution is 0.00578. The lowest BCUT2D eigenvalue weighted by Crippen LogP contribution is -2.41. The van der Waals surface area contributed by atoms with Crippen LogP contribution in [0, 0.1) is 23.2 Å². The zero-order valence-corrected chi connectivity index (χ0v) is 24.8. The second-order valence-corrected chi connectivity index (χ2v) is 18.7. The lowest BCUT2D eigenvalue weighted by Gasteiger charge is -2.44. The summed E-state index contributed by atoms with van der Waals surface area (Å²) in [5, 5.41) is 0. The van der Waals surface area contributed by atoms with Gasteiger partial charge in [0.1, 0.15) is 0 Å². The molecule has 3 fully saturated rings. The summed E-state index contributed by atoms with van der Waals surface area (Å²) in [5.41, 5.74) is 1.54. The molecule has 1 saturated heterocycles. The van der Waals surface area contributed by atoms with E-state index in [1.807, 2.05) is 0 Å². The van der Waals surface area contributed by atoms with Gasteiger partial charge in [0.25, 0.3) is 0 Å². The molecule has 2 saturated carbocycles. The molecule has 0 N–H and O–H groups in total. The summed E-state index contributed by atoms with van der Waals surface area (Å²) < 4.78 is 19.1. The average Bonchev–Trinajstić information content (AvgIpc) is 3.05. The van der Waals surface area contributed by atoms with Crippen LogP contribution in [0.5, 0.6) is 0 Å². The second kappa shape index (κ2) is 9.41. The molecule has 0 aromatic carbocycles. The monoisotopic (exact) mass is 476 g/mol. The van der Waals surface area contributed by atoms with Gasteiger partial charge in [-0.15, -0.1) is 0 Å². The Labute approximate surface area is 207 Å². The van der Waals surface area contributed by atoms with E-state index in [-0.39, 0.29) is 23.9 Å². The zero-order chi connectivity index (χ0) is 24.9. The van der Waals surface area contributed by atoms with Gasteiger partial charge in [0.05, 0.1) is 16.8 Å². The molecule has 3 nitrogen and oxygen atoms in total. The van der Waals surface area contributed by atoms with E-state index in [0.717, 1.165) is 11.8 Å². The molecular weight excluding hydrogens is 423 g/mol. The summed E-state index contributed by atoms with van der Waals surface area (Å²) in [5.74, 6) is 4.66. The van der Waals surface area contributed by atoms with Crippen molar-refractivity contribution in [3.05, 3.63) is 11.5 Å². The van der Waals surface area contributed by atoms with Crippen LogP contribution in [0.4, 0.5) is 0 Å². The average molecular weight is 477 g/mol. The Bertz CT molecular complexity index is 707. The van der Waals surface area contributed by atoms with Gasteiger partial charge in [-0.3, -0.25) is 0 Å². The lowest BCUT2D eigenvalue weighted by atomic mass is 9.59. The van der Waals surface area contributed by atoms with Gasteiger partial charge in [0.15, 0.2) is 8.32 Å². The highest BCUT2D eigenvalue weighted by atomic mass is 28.4. The number of hydrogen-bond acceptors (Lipinski definition) is 3. The van der Waals surface area contributed by atoms with Crippen LogP contribution < -0.4 is 0 Å². The summed E-state index contributed by atoms with van der Waals surface area (Å²) in [7, 11) is -1.70. The molecule has 0 radical (unpaired) electrons. The van der Waals surface area contributed by atoms with Gasteiger partial charge in [0.2, 0.25) is 0 Å². The largest absolute Gasteiger partial charge is 0.487 e. The maximum absolute atomic E-state index is 6.45. The SMILES string of the molecule is C[C@H](CCCC(C)(C)O[Si](C)(C)C)[C@H]1CCC2/C(=C/B3OC(C)(C)C(C)(C)O3)CCC[C@@]21C. The second-order valence-electron chi connectivity index (χ2n) is 14.3. The van der Waals surface area contributed by atoms with Crippen molar-refractivity contribution in [3.63, 3.8) is 0 Å². The fraction of sp³-hybridized carbons (Fsp3) is 0.929. The number of hydrogen-bond donors (Lipinski definition) is 0. The Morgan fingerprint density at radius 1 is 1.09 bits per heavy atom. The maximum atomic E-state index is 6.45. The standard InChI is InChI=1S/C28H53BO3Si/c1-21(14-12-18-25(2,3)32-33(9,10)11)23-16-17-24-22(15-13-19-28(23,24)8)20-29-30-26(4,5)27(6,7)31-29/h20-21,23-24H,12-19H2,1-11H3/b22-20+/t21-,23-,24?,28-/m1/s1. The predicted octanol–water partition coefficient (Wildman–Crippen LogP) is 8.20. The molecule has 5 heteroatoms. The highest BCUT2D eigenvalue weighted by Crippen LogP contribution is 2.60. The van der Waals surface area contributed by atoms with Gasteiger partial charge in [-0.25, -0.2) is 0 Å². The molecule has 3 aliphatic rings. The molecule has 0 bridgehead atoms. The van der Waals surface area contributed by atoms with Crippen LogP contribution in [0.1, 0.15) is 107 Å². The van der Waals surface area contributed by atoms with Crippen LogP contribution >= 0.6 is 0 Å². The van der Waals surface area contributed by atoms with Crippen LogP contribution in [0.2, 0.25) is 19.6 Å². The number of rotatable bonds is 8. The van der Waals surface area contributed by atoms with E-state index in [1.165, 1.54) is 51.4 Å². The molecule has 1 heterocycles. The van der Waals surface area contributed by atoms with E-state index in [2.05, 4.69) is 81.0 Å². The van der Waals surface area contributed by atoms with Crippen LogP contribution in [0.15, 0.2) is 11.5 Å². The minimum absolute atomic E-state index is 0.00981. The molecule has 1 unspecified atom stereocenters. The Kier molecular flexibility index (Phi) is 7.84. The zero-order valence-electron chi connectivity index (χ0n) is 23.8. The smallest absolute Gasteiger partial charge is 0.413 e. The van der Waals surface area contributed by atoms with Crippen LogP contribution in [-0.4, -0.2) is 32.2 Å². The summed E-state index contributed by atoms with van der Waals surface area (Å²) in [6.45, 7) is 25.2. The van der Waals surface area contributed by atoms with Gasteiger partial charge < -0.3 is 13.7 Å². The van der Waals surface area contributed by atoms with Gasteiger partial charge in [0, 0.05) is 0 Å². The van der Waals surface area contributed by atoms with E-state index in [0.29, 0.717) is 11.3 Å². The Balaban J connectivity index is 1.62. The molecule has 190 valence electrons. The van der Waals surface area contributed by atoms with Crippen molar-refractivity contribution < 1.29 is 13.7 Å². The highest BCUT2D eigenvalue weighted by molar-refractivity contribution is 6.69. The summed E-state index contributed by atoms with van der Waals surface area (Å²) >= 11 is 0. The molecule has 0 aromatic heterocycles. The van der Waals surface area contributed by atoms with Gasteiger partial charge >= 0.3 is 7.12 Å². The fourth-order valence-corrected chi connectivity index (χ4v) is 9.04. The van der Waals surface area contributed by atoms with Crippen LogP contribution in [0.3, 0.4) is 0 Å². The van der Waals surface area contributed by atoms with Crippen molar-refractivity contribution >= 4 is 15.4 Å². The van der Waals surface area contributed by atoms with Crippen molar-refractivity contribution in [1.29, 1.82) is 0 Å². The molecule has 0 amide bonds. The minimum Gasteiger partial charge on any atom is -0.413 e. The van der Waals surface area contributed by atoms with Crippen molar-refractivity contribution in [2.24, 2.45) is 23.2 Å². The van der Waals surface area contributed by atoms with Crippen molar-refractivity contribution in [3.8, 4) is 0 Å². The first-order valence-electron chi connectivity index (χ1n) is 13.7. The first-order valence-corrected chi connectivity index (χ1v) is 17.1. The first-order chi connectivity index (χ1) is 15.0. The highest BCUT2D eigenvalue weighted by Gasteiger charge is 2.53. The number of allylic oxidation sites excluding steroid dienone is 1. The fourth-order valence-electron chi connectivity index (χ4n) is 7.28. The molecule has 0 spiro atoms.